The third kappa shape index (κ3) is 12.3. The van der Waals surface area contributed by atoms with Crippen molar-refractivity contribution in [1.29, 1.82) is 0 Å². The summed E-state index contributed by atoms with van der Waals surface area (Å²) >= 11 is 5.48. The molecule has 9 nitrogen and oxygen atoms in total. The minimum absolute atomic E-state index is 0. The van der Waals surface area contributed by atoms with E-state index >= 15 is 0 Å². The standard InChI is InChI=1S/C14H18ClNO4.C13H19NO3.2ClH/c1-2-18-12-5-3-4-6-13(12)20-10-11-9-16(14(15)17)7-8-19-11;1-2-15-12-5-3-4-6-13(12)17-10-11-9-14-7-8-16-11;;/h3-6,11H,2,7-10H2,1H3;3-6,11,14H,2,7-10H2,1H3;2*1H. The van der Waals surface area contributed by atoms with Crippen LogP contribution in [0.25, 0.3) is 0 Å². The summed E-state index contributed by atoms with van der Waals surface area (Å²) in [5.74, 6) is 2.95. The summed E-state index contributed by atoms with van der Waals surface area (Å²) in [7, 11) is 0. The molecule has 0 radical (unpaired) electrons. The van der Waals surface area contributed by atoms with Crippen LogP contribution in [-0.4, -0.2) is 88.3 Å². The van der Waals surface area contributed by atoms with E-state index in [1.54, 1.807) is 4.90 Å². The predicted octanol–water partition coefficient (Wildman–Crippen LogP) is 4.82. The summed E-state index contributed by atoms with van der Waals surface area (Å²) < 4.78 is 33.6. The number of hydrogen-bond donors (Lipinski definition) is 1. The minimum atomic E-state index is -0.451. The molecule has 2 heterocycles. The zero-order chi connectivity index (χ0) is 26.3. The summed E-state index contributed by atoms with van der Waals surface area (Å²) in [6.07, 6.45) is -0.0560. The SMILES string of the molecule is CCOc1ccccc1OCC1CN(C(=O)Cl)CCO1.CCOc1ccccc1OCC1CNCCO1.Cl.Cl. The van der Waals surface area contributed by atoms with Crippen molar-refractivity contribution in [3.63, 3.8) is 0 Å². The van der Waals surface area contributed by atoms with Gasteiger partial charge in [-0.05, 0) is 49.7 Å². The van der Waals surface area contributed by atoms with Crippen molar-refractivity contribution >= 4 is 41.8 Å². The number of benzene rings is 2. The van der Waals surface area contributed by atoms with E-state index in [0.717, 1.165) is 31.2 Å². The molecule has 4 rings (SSSR count). The van der Waals surface area contributed by atoms with E-state index in [1.807, 2.05) is 62.4 Å². The Kier molecular flexibility index (Phi) is 17.8. The Morgan fingerprint density at radius 1 is 0.846 bits per heavy atom. The molecule has 2 atom stereocenters. The highest BCUT2D eigenvalue weighted by atomic mass is 35.5. The molecular formula is C27H39Cl3N2O7. The van der Waals surface area contributed by atoms with E-state index in [-0.39, 0.29) is 37.0 Å². The zero-order valence-electron chi connectivity index (χ0n) is 22.3. The average molecular weight is 610 g/mol. The Morgan fingerprint density at radius 2 is 1.33 bits per heavy atom. The van der Waals surface area contributed by atoms with Crippen molar-refractivity contribution in [1.82, 2.24) is 10.2 Å². The second-order valence-corrected chi connectivity index (χ2v) is 8.59. The fraction of sp³-hybridized carbons (Fsp3) is 0.519. The highest BCUT2D eigenvalue weighted by molar-refractivity contribution is 6.62. The van der Waals surface area contributed by atoms with Gasteiger partial charge in [0.2, 0.25) is 0 Å². The molecule has 2 aliphatic heterocycles. The molecule has 0 saturated carbocycles. The number of ether oxygens (including phenoxy) is 6. The number of amides is 1. The third-order valence-electron chi connectivity index (χ3n) is 5.54. The van der Waals surface area contributed by atoms with Gasteiger partial charge in [-0.1, -0.05) is 24.3 Å². The fourth-order valence-electron chi connectivity index (χ4n) is 3.76. The van der Waals surface area contributed by atoms with Crippen molar-refractivity contribution in [2.75, 3.05) is 65.8 Å². The van der Waals surface area contributed by atoms with Crippen LogP contribution in [0.15, 0.2) is 48.5 Å². The molecular weight excluding hydrogens is 571 g/mol. The van der Waals surface area contributed by atoms with Crippen molar-refractivity contribution in [3.8, 4) is 23.0 Å². The molecule has 2 aromatic carbocycles. The van der Waals surface area contributed by atoms with Crippen molar-refractivity contribution in [2.24, 2.45) is 0 Å². The third-order valence-corrected chi connectivity index (χ3v) is 5.78. The minimum Gasteiger partial charge on any atom is -0.490 e. The van der Waals surface area contributed by atoms with Gasteiger partial charge in [0, 0.05) is 19.6 Å². The number of para-hydroxylation sites is 4. The monoisotopic (exact) mass is 608 g/mol. The second-order valence-electron chi connectivity index (χ2n) is 8.27. The van der Waals surface area contributed by atoms with Crippen LogP contribution in [0.4, 0.5) is 4.79 Å². The van der Waals surface area contributed by atoms with Gasteiger partial charge in [0.1, 0.15) is 25.4 Å². The lowest BCUT2D eigenvalue weighted by atomic mass is 10.3. The number of nitrogens with one attached hydrogen (secondary N) is 1. The summed E-state index contributed by atoms with van der Waals surface area (Å²) in [4.78, 5) is 12.7. The van der Waals surface area contributed by atoms with Gasteiger partial charge in [0.25, 0.3) is 0 Å². The number of halogens is 3. The van der Waals surface area contributed by atoms with E-state index in [1.165, 1.54) is 0 Å². The fourth-order valence-corrected chi connectivity index (χ4v) is 3.91. The van der Waals surface area contributed by atoms with Crippen LogP contribution in [0.1, 0.15) is 13.8 Å². The highest BCUT2D eigenvalue weighted by Crippen LogP contribution is 2.27. The lowest BCUT2D eigenvalue weighted by Crippen LogP contribution is -2.45. The molecule has 0 bridgehead atoms. The van der Waals surface area contributed by atoms with E-state index < -0.39 is 5.37 Å². The molecule has 2 fully saturated rings. The van der Waals surface area contributed by atoms with Gasteiger partial charge < -0.3 is 38.6 Å². The summed E-state index contributed by atoms with van der Waals surface area (Å²) in [6, 6.07) is 15.2. The summed E-state index contributed by atoms with van der Waals surface area (Å²) in [5, 5.41) is 2.82. The van der Waals surface area contributed by atoms with Crippen LogP contribution in [0.3, 0.4) is 0 Å². The van der Waals surface area contributed by atoms with Gasteiger partial charge in [0.05, 0.1) is 33.0 Å². The summed E-state index contributed by atoms with van der Waals surface area (Å²) in [5.41, 5.74) is 0. The predicted molar refractivity (Wildman–Crippen MR) is 156 cm³/mol. The van der Waals surface area contributed by atoms with E-state index in [4.69, 9.17) is 40.0 Å². The van der Waals surface area contributed by atoms with Gasteiger partial charge in [-0.15, -0.1) is 24.8 Å². The number of nitrogens with zero attached hydrogens (tertiary/aromatic N) is 1. The van der Waals surface area contributed by atoms with Crippen molar-refractivity contribution < 1.29 is 33.2 Å². The van der Waals surface area contributed by atoms with Crippen LogP contribution in [0, 0.1) is 0 Å². The van der Waals surface area contributed by atoms with Crippen LogP contribution in [0.5, 0.6) is 23.0 Å². The molecule has 1 N–H and O–H groups in total. The lowest BCUT2D eigenvalue weighted by Gasteiger charge is -2.31. The van der Waals surface area contributed by atoms with Crippen molar-refractivity contribution in [2.45, 2.75) is 26.1 Å². The molecule has 1 amide bonds. The summed E-state index contributed by atoms with van der Waals surface area (Å²) in [6.45, 7) is 9.96. The molecule has 0 spiro atoms. The van der Waals surface area contributed by atoms with Crippen molar-refractivity contribution in [3.05, 3.63) is 48.5 Å². The van der Waals surface area contributed by atoms with E-state index in [9.17, 15) is 4.79 Å². The number of carbonyl (C=O) groups excluding carboxylic acids is 1. The van der Waals surface area contributed by atoms with Gasteiger partial charge in [-0.3, -0.25) is 4.79 Å². The molecule has 2 aromatic rings. The highest BCUT2D eigenvalue weighted by Gasteiger charge is 2.24. The Hall–Kier alpha value is -2.14. The first kappa shape index (κ1) is 34.9. The topological polar surface area (TPSA) is 87.7 Å². The van der Waals surface area contributed by atoms with Crippen LogP contribution >= 0.6 is 36.4 Å². The molecule has 0 aliphatic carbocycles. The molecule has 2 aliphatic rings. The number of hydrogen-bond acceptors (Lipinski definition) is 8. The van der Waals surface area contributed by atoms with Crippen LogP contribution < -0.4 is 24.3 Å². The average Bonchev–Trinajstić information content (AvgIpc) is 2.93. The second kappa shape index (κ2) is 19.8. The van der Waals surface area contributed by atoms with Crippen LogP contribution in [-0.2, 0) is 9.47 Å². The Bertz CT molecular complexity index is 951. The number of morpholine rings is 2. The maximum atomic E-state index is 11.1. The first-order chi connectivity index (χ1) is 18.1. The lowest BCUT2D eigenvalue weighted by molar-refractivity contribution is -0.0328. The largest absolute Gasteiger partial charge is 0.490 e. The molecule has 2 saturated heterocycles. The first-order valence-electron chi connectivity index (χ1n) is 12.7. The van der Waals surface area contributed by atoms with Crippen LogP contribution in [0.2, 0.25) is 0 Å². The zero-order valence-corrected chi connectivity index (χ0v) is 24.7. The first-order valence-corrected chi connectivity index (χ1v) is 13.1. The molecule has 39 heavy (non-hydrogen) atoms. The number of carbonyl (C=O) groups is 1. The Labute approximate surface area is 248 Å². The van der Waals surface area contributed by atoms with Gasteiger partial charge in [0.15, 0.2) is 23.0 Å². The van der Waals surface area contributed by atoms with E-state index in [2.05, 4.69) is 5.32 Å². The smallest absolute Gasteiger partial charge is 0.316 e. The van der Waals surface area contributed by atoms with Gasteiger partial charge in [-0.25, -0.2) is 0 Å². The quantitative estimate of drug-likeness (QED) is 0.303. The maximum absolute atomic E-state index is 11.1. The normalized spacial score (nSPS) is 18.3. The Balaban J connectivity index is 0.000000375. The molecule has 220 valence electrons. The van der Waals surface area contributed by atoms with Gasteiger partial charge >= 0.3 is 5.37 Å². The molecule has 12 heteroatoms. The molecule has 0 aromatic heterocycles. The number of rotatable bonds is 10. The van der Waals surface area contributed by atoms with Gasteiger partial charge in [-0.2, -0.15) is 0 Å². The Morgan fingerprint density at radius 3 is 1.79 bits per heavy atom. The van der Waals surface area contributed by atoms with E-state index in [0.29, 0.717) is 57.6 Å². The molecule has 2 unspecified atom stereocenters. The maximum Gasteiger partial charge on any atom is 0.316 e.